The number of ketones is 1. The molecule has 4 nitrogen and oxygen atoms in total. The van der Waals surface area contributed by atoms with Gasteiger partial charge in [0, 0.05) is 17.4 Å². The fourth-order valence-corrected chi connectivity index (χ4v) is 3.06. The van der Waals surface area contributed by atoms with E-state index in [4.69, 9.17) is 4.74 Å². The van der Waals surface area contributed by atoms with Crippen LogP contribution in [0.15, 0.2) is 60.7 Å². The molecule has 3 aromatic rings. The lowest BCUT2D eigenvalue weighted by Gasteiger charge is -2.17. The van der Waals surface area contributed by atoms with Crippen molar-refractivity contribution in [3.8, 4) is 0 Å². The van der Waals surface area contributed by atoms with E-state index in [-0.39, 0.29) is 12.2 Å². The molecule has 0 radical (unpaired) electrons. The van der Waals surface area contributed by atoms with E-state index in [0.717, 1.165) is 5.56 Å². The zero-order valence-electron chi connectivity index (χ0n) is 12.6. The van der Waals surface area contributed by atoms with Gasteiger partial charge >= 0.3 is 11.9 Å². The summed E-state index contributed by atoms with van der Waals surface area (Å²) in [4.78, 5) is 36.6. The molecule has 0 saturated heterocycles. The third kappa shape index (κ3) is 2.20. The number of benzene rings is 3. The summed E-state index contributed by atoms with van der Waals surface area (Å²) in [5.74, 6) is -1.41. The molecule has 4 heteroatoms. The molecule has 0 atom stereocenters. The first-order chi connectivity index (χ1) is 11.6. The maximum atomic E-state index is 12.7. The highest BCUT2D eigenvalue weighted by Crippen LogP contribution is 2.31. The fourth-order valence-electron chi connectivity index (χ4n) is 3.06. The van der Waals surface area contributed by atoms with Crippen molar-refractivity contribution >= 4 is 28.5 Å². The van der Waals surface area contributed by atoms with Gasteiger partial charge in [0.05, 0.1) is 11.1 Å². The second-order valence-electron chi connectivity index (χ2n) is 5.65. The molecule has 3 aromatic carbocycles. The minimum atomic E-state index is -0.675. The molecule has 1 aliphatic rings. The minimum absolute atomic E-state index is 0.0590. The molecule has 0 unspecified atom stereocenters. The molecular weight excluding hydrogens is 304 g/mol. The highest BCUT2D eigenvalue weighted by Gasteiger charge is 2.28. The third-order valence-corrected chi connectivity index (χ3v) is 4.17. The van der Waals surface area contributed by atoms with Crippen LogP contribution in [-0.4, -0.2) is 17.7 Å². The van der Waals surface area contributed by atoms with Gasteiger partial charge in [-0.2, -0.15) is 0 Å². The first-order valence-corrected chi connectivity index (χ1v) is 7.54. The van der Waals surface area contributed by atoms with Crippen LogP contribution in [0.5, 0.6) is 0 Å². The van der Waals surface area contributed by atoms with Crippen molar-refractivity contribution in [2.45, 2.75) is 6.42 Å². The van der Waals surface area contributed by atoms with Crippen LogP contribution in [0.3, 0.4) is 0 Å². The standard InChI is InChI=1S/C20H12O4/c21-17(11-12-5-2-1-3-6-12)13-9-10-16-18-14(13)7-4-8-15(18)19(22)24-20(16)23/h1-10H,11H2. The molecular formula is C20H12O4. The number of ether oxygens (including phenoxy) is 1. The summed E-state index contributed by atoms with van der Waals surface area (Å²) in [5, 5.41) is 1.11. The van der Waals surface area contributed by atoms with Crippen molar-refractivity contribution in [2.75, 3.05) is 0 Å². The molecule has 0 bridgehead atoms. The Morgan fingerprint density at radius 2 is 1.50 bits per heavy atom. The Morgan fingerprint density at radius 1 is 0.792 bits per heavy atom. The smallest absolute Gasteiger partial charge is 0.346 e. The van der Waals surface area contributed by atoms with Gasteiger partial charge in [0.25, 0.3) is 0 Å². The number of hydrogen-bond donors (Lipinski definition) is 0. The van der Waals surface area contributed by atoms with E-state index in [2.05, 4.69) is 0 Å². The van der Waals surface area contributed by atoms with E-state index in [1.165, 1.54) is 0 Å². The van der Waals surface area contributed by atoms with Crippen LogP contribution in [0.1, 0.15) is 36.6 Å². The lowest BCUT2D eigenvalue weighted by Crippen LogP contribution is -2.20. The summed E-state index contributed by atoms with van der Waals surface area (Å²) < 4.78 is 4.74. The Morgan fingerprint density at radius 3 is 2.25 bits per heavy atom. The normalized spacial score (nSPS) is 13.0. The maximum absolute atomic E-state index is 12.7. The number of carbonyl (C=O) groups is 3. The Bertz CT molecular complexity index is 983. The largest absolute Gasteiger partial charge is 0.386 e. The fraction of sp³-hybridized carbons (Fsp3) is 0.0500. The number of hydrogen-bond acceptors (Lipinski definition) is 4. The van der Waals surface area contributed by atoms with Crippen LogP contribution in [0, 0.1) is 0 Å². The Balaban J connectivity index is 1.87. The second-order valence-corrected chi connectivity index (χ2v) is 5.65. The van der Waals surface area contributed by atoms with E-state index in [0.29, 0.717) is 27.5 Å². The van der Waals surface area contributed by atoms with Crippen molar-refractivity contribution in [1.82, 2.24) is 0 Å². The average molecular weight is 316 g/mol. The highest BCUT2D eigenvalue weighted by atomic mass is 16.6. The second kappa shape index (κ2) is 5.42. The zero-order chi connectivity index (χ0) is 16.7. The Hall–Kier alpha value is -3.27. The van der Waals surface area contributed by atoms with Gasteiger partial charge in [-0.05, 0) is 29.1 Å². The molecule has 0 spiro atoms. The molecule has 24 heavy (non-hydrogen) atoms. The predicted molar refractivity (Wildman–Crippen MR) is 88.2 cm³/mol. The minimum Gasteiger partial charge on any atom is -0.386 e. The van der Waals surface area contributed by atoms with Gasteiger partial charge in [0.15, 0.2) is 5.78 Å². The molecule has 1 aliphatic heterocycles. The SMILES string of the molecule is O=C(Cc1ccccc1)c1ccc2c3c(cccc13)C(=O)OC2=O. The van der Waals surface area contributed by atoms with Crippen LogP contribution >= 0.6 is 0 Å². The number of carbonyl (C=O) groups excluding carboxylic acids is 3. The van der Waals surface area contributed by atoms with Crippen LogP contribution in [-0.2, 0) is 11.2 Å². The maximum Gasteiger partial charge on any atom is 0.346 e. The molecule has 116 valence electrons. The highest BCUT2D eigenvalue weighted by molar-refractivity contribution is 6.23. The summed E-state index contributed by atoms with van der Waals surface area (Å²) in [5.41, 5.74) is 2.05. The first-order valence-electron chi connectivity index (χ1n) is 7.54. The monoisotopic (exact) mass is 316 g/mol. The third-order valence-electron chi connectivity index (χ3n) is 4.17. The van der Waals surface area contributed by atoms with E-state index in [1.54, 1.807) is 30.3 Å². The molecule has 0 aliphatic carbocycles. The molecule has 0 saturated carbocycles. The predicted octanol–water partition coefficient (Wildman–Crippen LogP) is 3.58. The van der Waals surface area contributed by atoms with Gasteiger partial charge < -0.3 is 4.74 Å². The molecule has 4 rings (SSSR count). The van der Waals surface area contributed by atoms with Crippen LogP contribution in [0.25, 0.3) is 10.8 Å². The van der Waals surface area contributed by atoms with Gasteiger partial charge in [0.2, 0.25) is 0 Å². The lowest BCUT2D eigenvalue weighted by atomic mass is 9.91. The van der Waals surface area contributed by atoms with Gasteiger partial charge in [0.1, 0.15) is 0 Å². The lowest BCUT2D eigenvalue weighted by molar-refractivity contribution is 0.0391. The van der Waals surface area contributed by atoms with Crippen LogP contribution < -0.4 is 0 Å². The summed E-state index contributed by atoms with van der Waals surface area (Å²) in [7, 11) is 0. The van der Waals surface area contributed by atoms with Crippen molar-refractivity contribution in [2.24, 2.45) is 0 Å². The van der Waals surface area contributed by atoms with E-state index in [1.807, 2.05) is 30.3 Å². The van der Waals surface area contributed by atoms with E-state index >= 15 is 0 Å². The quantitative estimate of drug-likeness (QED) is 0.421. The van der Waals surface area contributed by atoms with Crippen molar-refractivity contribution in [1.29, 1.82) is 0 Å². The van der Waals surface area contributed by atoms with Crippen molar-refractivity contribution < 1.29 is 19.1 Å². The number of cyclic esters (lactones) is 2. The van der Waals surface area contributed by atoms with Gasteiger partial charge in [-0.3, -0.25) is 4.79 Å². The summed E-state index contributed by atoms with van der Waals surface area (Å²) in [6.07, 6.45) is 0.262. The topological polar surface area (TPSA) is 60.4 Å². The number of rotatable bonds is 3. The summed E-state index contributed by atoms with van der Waals surface area (Å²) >= 11 is 0. The number of Topliss-reactive ketones (excluding diaryl/α,β-unsaturated/α-hetero) is 1. The molecule has 0 N–H and O–H groups in total. The van der Waals surface area contributed by atoms with Crippen LogP contribution in [0.2, 0.25) is 0 Å². The first kappa shape index (κ1) is 14.3. The van der Waals surface area contributed by atoms with Gasteiger partial charge in [-0.1, -0.05) is 42.5 Å². The van der Waals surface area contributed by atoms with E-state index < -0.39 is 11.9 Å². The molecule has 0 fully saturated rings. The van der Waals surface area contributed by atoms with Gasteiger partial charge in [-0.25, -0.2) is 9.59 Å². The van der Waals surface area contributed by atoms with Gasteiger partial charge in [-0.15, -0.1) is 0 Å². The Kier molecular flexibility index (Phi) is 3.24. The average Bonchev–Trinajstić information content (AvgIpc) is 2.60. The Labute approximate surface area is 137 Å². The summed E-state index contributed by atoms with van der Waals surface area (Å²) in [6, 6.07) is 17.7. The molecule has 0 aromatic heterocycles. The van der Waals surface area contributed by atoms with Crippen molar-refractivity contribution in [3.05, 3.63) is 82.9 Å². The van der Waals surface area contributed by atoms with Crippen molar-refractivity contribution in [3.63, 3.8) is 0 Å². The molecule has 0 amide bonds. The summed E-state index contributed by atoms with van der Waals surface area (Å²) in [6.45, 7) is 0. The molecule has 1 heterocycles. The van der Waals surface area contributed by atoms with Crippen LogP contribution in [0.4, 0.5) is 0 Å². The zero-order valence-corrected chi connectivity index (χ0v) is 12.6. The van der Waals surface area contributed by atoms with E-state index in [9.17, 15) is 14.4 Å². The number of esters is 2.